The first-order valence-electron chi connectivity index (χ1n) is 10.8. The molecule has 0 spiro atoms. The topological polar surface area (TPSA) is 88.8 Å². The molecule has 0 aliphatic carbocycles. The van der Waals surface area contributed by atoms with Crippen molar-refractivity contribution in [2.45, 2.75) is 45.6 Å². The van der Waals surface area contributed by atoms with Gasteiger partial charge in [0.15, 0.2) is 0 Å². The minimum Gasteiger partial charge on any atom is -0.494 e. The van der Waals surface area contributed by atoms with Gasteiger partial charge in [0.05, 0.1) is 6.61 Å². The highest BCUT2D eigenvalue weighted by Gasteiger charge is 2.19. The highest BCUT2D eigenvalue weighted by atomic mass is 32.1. The van der Waals surface area contributed by atoms with E-state index in [2.05, 4.69) is 27.2 Å². The summed E-state index contributed by atoms with van der Waals surface area (Å²) in [5.41, 5.74) is 0.473. The zero-order valence-corrected chi connectivity index (χ0v) is 18.5. The number of aromatic nitrogens is 3. The second-order valence-corrected chi connectivity index (χ2v) is 8.57. The first-order chi connectivity index (χ1) is 15.2. The molecule has 3 aromatic rings. The number of carbonyl (C=O) groups is 1. The maximum atomic E-state index is 12.8. The highest BCUT2D eigenvalue weighted by Crippen LogP contribution is 2.24. The van der Waals surface area contributed by atoms with Crippen molar-refractivity contribution in [3.63, 3.8) is 0 Å². The van der Waals surface area contributed by atoms with Crippen molar-refractivity contribution in [2.75, 3.05) is 24.6 Å². The number of hydrogen-bond donors (Lipinski definition) is 1. The molecule has 1 aliphatic rings. The Labute approximate surface area is 184 Å². The molecule has 0 saturated carbocycles. The number of ether oxygens (including phenoxy) is 1. The van der Waals surface area contributed by atoms with Crippen molar-refractivity contribution in [3.05, 3.63) is 51.9 Å². The van der Waals surface area contributed by atoms with Crippen LogP contribution in [0.1, 0.15) is 54.9 Å². The minimum absolute atomic E-state index is 0.00693. The molecule has 1 N–H and O–H groups in total. The number of benzene rings is 1. The number of anilines is 1. The standard InChI is InChI=1S/C22H27N5O3S/c1-2-3-13-30-17-9-7-16(8-10-17)14-23-19(28)18-15-24-21-27(20(18)29)25-22(31-21)26-11-5-4-6-12-26/h7-10,15H,2-6,11-14H2,1H3,(H,23,28). The molecule has 31 heavy (non-hydrogen) atoms. The Bertz CT molecular complexity index is 1090. The lowest BCUT2D eigenvalue weighted by Crippen LogP contribution is -2.32. The fourth-order valence-electron chi connectivity index (χ4n) is 3.46. The van der Waals surface area contributed by atoms with Crippen molar-refractivity contribution < 1.29 is 9.53 Å². The summed E-state index contributed by atoms with van der Waals surface area (Å²) in [6, 6.07) is 7.58. The maximum absolute atomic E-state index is 12.8. The molecule has 1 fully saturated rings. The van der Waals surface area contributed by atoms with Crippen LogP contribution in [0.2, 0.25) is 0 Å². The van der Waals surface area contributed by atoms with Crippen molar-refractivity contribution in [2.24, 2.45) is 0 Å². The van der Waals surface area contributed by atoms with Gasteiger partial charge >= 0.3 is 0 Å². The smallest absolute Gasteiger partial charge is 0.288 e. The summed E-state index contributed by atoms with van der Waals surface area (Å²) in [4.78, 5) is 32.4. The van der Waals surface area contributed by atoms with E-state index < -0.39 is 11.5 Å². The summed E-state index contributed by atoms with van der Waals surface area (Å²) in [5.74, 6) is 0.354. The van der Waals surface area contributed by atoms with E-state index in [1.165, 1.54) is 28.5 Å². The molecule has 0 radical (unpaired) electrons. The molecule has 9 heteroatoms. The normalized spacial score (nSPS) is 14.0. The van der Waals surface area contributed by atoms with Crippen LogP contribution in [0, 0.1) is 0 Å². The van der Waals surface area contributed by atoms with E-state index in [4.69, 9.17) is 4.74 Å². The summed E-state index contributed by atoms with van der Waals surface area (Å²) in [6.07, 6.45) is 6.92. The molecule has 3 heterocycles. The van der Waals surface area contributed by atoms with Crippen LogP contribution in [-0.2, 0) is 6.54 Å². The molecule has 4 rings (SSSR count). The average molecular weight is 442 g/mol. The van der Waals surface area contributed by atoms with Crippen molar-refractivity contribution in [1.29, 1.82) is 0 Å². The number of piperidine rings is 1. The maximum Gasteiger partial charge on any atom is 0.288 e. The van der Waals surface area contributed by atoms with Gasteiger partial charge in [0.1, 0.15) is 11.3 Å². The minimum atomic E-state index is -0.456. The molecule has 0 unspecified atom stereocenters. The third-order valence-electron chi connectivity index (χ3n) is 5.29. The van der Waals surface area contributed by atoms with Gasteiger partial charge in [0.25, 0.3) is 11.5 Å². The first kappa shape index (κ1) is 21.3. The van der Waals surface area contributed by atoms with Gasteiger partial charge in [-0.1, -0.05) is 36.8 Å². The van der Waals surface area contributed by atoms with Gasteiger partial charge in [-0.25, -0.2) is 4.98 Å². The number of rotatable bonds is 8. The second kappa shape index (κ2) is 9.91. The van der Waals surface area contributed by atoms with E-state index in [0.717, 1.165) is 55.2 Å². The Morgan fingerprint density at radius 1 is 1.19 bits per heavy atom. The molecule has 1 amide bonds. The predicted molar refractivity (Wildman–Crippen MR) is 121 cm³/mol. The van der Waals surface area contributed by atoms with E-state index in [1.54, 1.807) is 0 Å². The van der Waals surface area contributed by atoms with E-state index in [1.807, 2.05) is 24.3 Å². The van der Waals surface area contributed by atoms with Gasteiger partial charge in [0.2, 0.25) is 10.1 Å². The number of hydrogen-bond acceptors (Lipinski definition) is 7. The van der Waals surface area contributed by atoms with Crippen LogP contribution in [0.5, 0.6) is 5.75 Å². The van der Waals surface area contributed by atoms with Crippen LogP contribution in [0.4, 0.5) is 5.13 Å². The first-order valence-corrected chi connectivity index (χ1v) is 11.6. The number of nitrogens with one attached hydrogen (secondary N) is 1. The molecule has 2 aromatic heterocycles. The van der Waals surface area contributed by atoms with E-state index in [0.29, 0.717) is 18.1 Å². The van der Waals surface area contributed by atoms with Gasteiger partial charge in [-0.15, -0.1) is 5.10 Å². The van der Waals surface area contributed by atoms with Gasteiger partial charge in [-0.2, -0.15) is 4.52 Å². The molecule has 0 atom stereocenters. The Hall–Kier alpha value is -2.94. The number of carbonyl (C=O) groups excluding carboxylic acids is 1. The summed E-state index contributed by atoms with van der Waals surface area (Å²) in [7, 11) is 0. The lowest BCUT2D eigenvalue weighted by atomic mass is 10.1. The summed E-state index contributed by atoms with van der Waals surface area (Å²) in [5, 5.41) is 8.01. The molecule has 1 aromatic carbocycles. The largest absolute Gasteiger partial charge is 0.494 e. The zero-order chi connectivity index (χ0) is 21.6. The lowest BCUT2D eigenvalue weighted by molar-refractivity contribution is 0.0948. The summed E-state index contributed by atoms with van der Waals surface area (Å²) < 4.78 is 6.89. The number of unbranched alkanes of at least 4 members (excludes halogenated alkanes) is 1. The van der Waals surface area contributed by atoms with Crippen LogP contribution in [0.25, 0.3) is 4.96 Å². The molecule has 8 nitrogen and oxygen atoms in total. The van der Waals surface area contributed by atoms with Crippen LogP contribution >= 0.6 is 11.3 Å². The zero-order valence-electron chi connectivity index (χ0n) is 17.7. The van der Waals surface area contributed by atoms with E-state index in [-0.39, 0.29) is 5.56 Å². The van der Waals surface area contributed by atoms with Crippen molar-refractivity contribution in [1.82, 2.24) is 19.9 Å². The monoisotopic (exact) mass is 441 g/mol. The number of amides is 1. The molecule has 1 saturated heterocycles. The molecule has 0 bridgehead atoms. The highest BCUT2D eigenvalue weighted by molar-refractivity contribution is 7.20. The fraction of sp³-hybridized carbons (Fsp3) is 0.455. The number of nitrogens with zero attached hydrogens (tertiary/aromatic N) is 4. The predicted octanol–water partition coefficient (Wildman–Crippen LogP) is 3.25. The molecule has 1 aliphatic heterocycles. The quantitative estimate of drug-likeness (QED) is 0.540. The summed E-state index contributed by atoms with van der Waals surface area (Å²) >= 11 is 1.38. The van der Waals surface area contributed by atoms with E-state index in [9.17, 15) is 9.59 Å². The Morgan fingerprint density at radius 2 is 1.97 bits per heavy atom. The van der Waals surface area contributed by atoms with Crippen LogP contribution < -0.4 is 20.5 Å². The molecule has 164 valence electrons. The fourth-order valence-corrected chi connectivity index (χ4v) is 4.37. The second-order valence-electron chi connectivity index (χ2n) is 7.63. The average Bonchev–Trinajstić information content (AvgIpc) is 3.25. The van der Waals surface area contributed by atoms with Crippen LogP contribution in [0.3, 0.4) is 0 Å². The van der Waals surface area contributed by atoms with Crippen molar-refractivity contribution in [3.8, 4) is 5.75 Å². The molecular formula is C22H27N5O3S. The third kappa shape index (κ3) is 5.04. The van der Waals surface area contributed by atoms with Gasteiger partial charge in [0, 0.05) is 25.8 Å². The lowest BCUT2D eigenvalue weighted by Gasteiger charge is -2.25. The summed E-state index contributed by atoms with van der Waals surface area (Å²) in [6.45, 7) is 5.00. The van der Waals surface area contributed by atoms with E-state index >= 15 is 0 Å². The van der Waals surface area contributed by atoms with Crippen molar-refractivity contribution >= 4 is 27.3 Å². The Kier molecular flexibility index (Phi) is 6.81. The third-order valence-corrected chi connectivity index (χ3v) is 6.27. The van der Waals surface area contributed by atoms with Gasteiger partial charge in [-0.3, -0.25) is 9.59 Å². The van der Waals surface area contributed by atoms with Gasteiger partial charge in [-0.05, 0) is 43.4 Å². The van der Waals surface area contributed by atoms with Gasteiger partial charge < -0.3 is 15.0 Å². The molecular weight excluding hydrogens is 414 g/mol. The Balaban J connectivity index is 1.41. The Morgan fingerprint density at radius 3 is 2.71 bits per heavy atom. The SMILES string of the molecule is CCCCOc1ccc(CNC(=O)c2cnc3sc(N4CCCCC4)nn3c2=O)cc1. The van der Waals surface area contributed by atoms with Crippen LogP contribution in [0.15, 0.2) is 35.3 Å². The van der Waals surface area contributed by atoms with Crippen LogP contribution in [-0.4, -0.2) is 40.2 Å². The number of fused-ring (bicyclic) bond motifs is 1.